The summed E-state index contributed by atoms with van der Waals surface area (Å²) in [5, 5.41) is 2.13. The summed E-state index contributed by atoms with van der Waals surface area (Å²) in [4.78, 5) is 4.57. The standard InChI is InChI=1S/C42H34N2O/c1-5-31-11-19-35(20-12-31)43(33-15-7-29(3)8-16-33)37-23-25-41-39(27-37)40-28-38(24-26-42(40)45-41)44(34-17-9-30(4)10-18-34)36-21-13-32(6-2)14-22-36/h5-28H,1-2H2,3-4H3. The van der Waals surface area contributed by atoms with Crippen molar-refractivity contribution in [1.29, 1.82) is 0 Å². The van der Waals surface area contributed by atoms with Crippen LogP contribution in [0.15, 0.2) is 151 Å². The van der Waals surface area contributed by atoms with Crippen molar-refractivity contribution in [3.05, 3.63) is 169 Å². The minimum absolute atomic E-state index is 0.856. The van der Waals surface area contributed by atoms with Gasteiger partial charge in [0.15, 0.2) is 0 Å². The molecule has 0 atom stereocenters. The van der Waals surface area contributed by atoms with E-state index < -0.39 is 0 Å². The van der Waals surface area contributed by atoms with E-state index >= 15 is 0 Å². The van der Waals surface area contributed by atoms with E-state index in [4.69, 9.17) is 4.42 Å². The van der Waals surface area contributed by atoms with Gasteiger partial charge in [0, 0.05) is 44.9 Å². The second kappa shape index (κ2) is 11.7. The van der Waals surface area contributed by atoms with Crippen molar-refractivity contribution in [3.8, 4) is 0 Å². The number of fused-ring (bicyclic) bond motifs is 3. The van der Waals surface area contributed by atoms with Crippen LogP contribution in [0.4, 0.5) is 34.1 Å². The van der Waals surface area contributed by atoms with Crippen molar-refractivity contribution in [1.82, 2.24) is 0 Å². The fraction of sp³-hybridized carbons (Fsp3) is 0.0476. The van der Waals surface area contributed by atoms with Crippen LogP contribution in [-0.4, -0.2) is 0 Å². The molecule has 3 heteroatoms. The van der Waals surface area contributed by atoms with E-state index in [9.17, 15) is 0 Å². The van der Waals surface area contributed by atoms with Gasteiger partial charge in [0.1, 0.15) is 11.2 Å². The lowest BCUT2D eigenvalue weighted by molar-refractivity contribution is 0.669. The second-order valence-electron chi connectivity index (χ2n) is 11.4. The Morgan fingerprint density at radius 2 is 0.733 bits per heavy atom. The minimum Gasteiger partial charge on any atom is -0.456 e. The summed E-state index contributed by atoms with van der Waals surface area (Å²) in [6.07, 6.45) is 3.74. The molecule has 1 heterocycles. The zero-order valence-electron chi connectivity index (χ0n) is 25.6. The van der Waals surface area contributed by atoms with E-state index in [-0.39, 0.29) is 0 Å². The zero-order chi connectivity index (χ0) is 30.9. The maximum absolute atomic E-state index is 6.38. The van der Waals surface area contributed by atoms with Crippen LogP contribution in [0.3, 0.4) is 0 Å². The highest BCUT2D eigenvalue weighted by molar-refractivity contribution is 6.08. The average Bonchev–Trinajstić information content (AvgIpc) is 3.45. The largest absolute Gasteiger partial charge is 0.456 e. The molecule has 7 rings (SSSR count). The molecule has 0 unspecified atom stereocenters. The van der Waals surface area contributed by atoms with Crippen LogP contribution in [0.5, 0.6) is 0 Å². The Bertz CT molecular complexity index is 1980. The summed E-state index contributed by atoms with van der Waals surface area (Å²) in [6, 6.07) is 47.2. The number of furan rings is 1. The van der Waals surface area contributed by atoms with Gasteiger partial charge in [0.2, 0.25) is 0 Å². The molecule has 7 aromatic rings. The number of hydrogen-bond acceptors (Lipinski definition) is 3. The number of hydrogen-bond donors (Lipinski definition) is 0. The molecule has 0 amide bonds. The summed E-state index contributed by atoms with van der Waals surface area (Å²) in [7, 11) is 0. The molecule has 0 aliphatic carbocycles. The quantitative estimate of drug-likeness (QED) is 0.178. The molecular weight excluding hydrogens is 548 g/mol. The highest BCUT2D eigenvalue weighted by Gasteiger charge is 2.18. The Morgan fingerprint density at radius 1 is 0.422 bits per heavy atom. The molecule has 0 saturated heterocycles. The summed E-state index contributed by atoms with van der Waals surface area (Å²) >= 11 is 0. The Hall–Kier alpha value is -5.80. The molecule has 1 aromatic heterocycles. The van der Waals surface area contributed by atoms with Gasteiger partial charge < -0.3 is 14.2 Å². The molecule has 0 fully saturated rings. The summed E-state index contributed by atoms with van der Waals surface area (Å²) < 4.78 is 6.38. The molecule has 0 bridgehead atoms. The molecule has 3 nitrogen and oxygen atoms in total. The van der Waals surface area contributed by atoms with Crippen LogP contribution in [0.25, 0.3) is 34.1 Å². The summed E-state index contributed by atoms with van der Waals surface area (Å²) in [5.74, 6) is 0. The van der Waals surface area contributed by atoms with Gasteiger partial charge >= 0.3 is 0 Å². The van der Waals surface area contributed by atoms with Crippen LogP contribution in [-0.2, 0) is 0 Å². The van der Waals surface area contributed by atoms with E-state index in [1.165, 1.54) is 11.1 Å². The Balaban J connectivity index is 1.39. The molecular formula is C42H34N2O. The Labute approximate surface area is 264 Å². The fourth-order valence-corrected chi connectivity index (χ4v) is 5.83. The normalized spacial score (nSPS) is 11.1. The number of anilines is 6. The fourth-order valence-electron chi connectivity index (χ4n) is 5.83. The molecule has 0 saturated carbocycles. The molecule has 0 radical (unpaired) electrons. The van der Waals surface area contributed by atoms with E-state index in [2.05, 4.69) is 170 Å². The van der Waals surface area contributed by atoms with Crippen LogP contribution in [0.2, 0.25) is 0 Å². The molecule has 0 spiro atoms. The average molecular weight is 583 g/mol. The number of benzene rings is 6. The summed E-state index contributed by atoms with van der Waals surface area (Å²) in [6.45, 7) is 12.1. The second-order valence-corrected chi connectivity index (χ2v) is 11.4. The molecule has 0 aliphatic rings. The van der Waals surface area contributed by atoms with Gasteiger partial charge in [-0.3, -0.25) is 0 Å². The third kappa shape index (κ3) is 5.41. The van der Waals surface area contributed by atoms with Crippen LogP contribution in [0.1, 0.15) is 22.3 Å². The van der Waals surface area contributed by atoms with E-state index in [0.717, 1.165) is 67.2 Å². The predicted octanol–water partition coefficient (Wildman–Crippen LogP) is 12.4. The molecule has 6 aromatic carbocycles. The first-order chi connectivity index (χ1) is 22.0. The molecule has 45 heavy (non-hydrogen) atoms. The number of nitrogens with zero attached hydrogens (tertiary/aromatic N) is 2. The van der Waals surface area contributed by atoms with Crippen molar-refractivity contribution in [3.63, 3.8) is 0 Å². The SMILES string of the molecule is C=Cc1ccc(N(c2ccc(C)cc2)c2ccc3oc4ccc(N(c5ccc(C)cc5)c5ccc(C=C)cc5)cc4c3c2)cc1. The molecule has 0 aliphatic heterocycles. The van der Waals surface area contributed by atoms with Crippen molar-refractivity contribution >= 4 is 68.2 Å². The van der Waals surface area contributed by atoms with Gasteiger partial charge in [-0.15, -0.1) is 0 Å². The maximum atomic E-state index is 6.38. The first-order valence-electron chi connectivity index (χ1n) is 15.2. The van der Waals surface area contributed by atoms with E-state index in [0.29, 0.717) is 0 Å². The number of aryl methyl sites for hydroxylation is 2. The zero-order valence-corrected chi connectivity index (χ0v) is 25.6. The van der Waals surface area contributed by atoms with Crippen molar-refractivity contribution < 1.29 is 4.42 Å². The van der Waals surface area contributed by atoms with Crippen molar-refractivity contribution in [2.75, 3.05) is 9.80 Å². The first kappa shape index (κ1) is 28.0. The highest BCUT2D eigenvalue weighted by Crippen LogP contribution is 2.41. The highest BCUT2D eigenvalue weighted by atomic mass is 16.3. The van der Waals surface area contributed by atoms with Crippen LogP contribution < -0.4 is 9.80 Å². The minimum atomic E-state index is 0.856. The van der Waals surface area contributed by atoms with Crippen LogP contribution >= 0.6 is 0 Å². The van der Waals surface area contributed by atoms with Gasteiger partial charge in [-0.2, -0.15) is 0 Å². The predicted molar refractivity (Wildman–Crippen MR) is 193 cm³/mol. The lowest BCUT2D eigenvalue weighted by Crippen LogP contribution is -2.10. The van der Waals surface area contributed by atoms with Gasteiger partial charge in [0.05, 0.1) is 0 Å². The van der Waals surface area contributed by atoms with Gasteiger partial charge in [-0.05, 0) is 110 Å². The van der Waals surface area contributed by atoms with Gasteiger partial charge in [-0.25, -0.2) is 0 Å². The van der Waals surface area contributed by atoms with Crippen molar-refractivity contribution in [2.45, 2.75) is 13.8 Å². The lowest BCUT2D eigenvalue weighted by atomic mass is 10.1. The third-order valence-corrected chi connectivity index (χ3v) is 8.31. The lowest BCUT2D eigenvalue weighted by Gasteiger charge is -2.26. The monoisotopic (exact) mass is 582 g/mol. The topological polar surface area (TPSA) is 19.6 Å². The summed E-state index contributed by atoms with van der Waals surface area (Å²) in [5.41, 5.74) is 12.8. The van der Waals surface area contributed by atoms with Crippen molar-refractivity contribution in [2.24, 2.45) is 0 Å². The van der Waals surface area contributed by atoms with E-state index in [1.807, 2.05) is 12.2 Å². The van der Waals surface area contributed by atoms with Gasteiger partial charge in [0.25, 0.3) is 0 Å². The third-order valence-electron chi connectivity index (χ3n) is 8.31. The smallest absolute Gasteiger partial charge is 0.135 e. The Kier molecular flexibility index (Phi) is 7.28. The maximum Gasteiger partial charge on any atom is 0.135 e. The molecule has 218 valence electrons. The van der Waals surface area contributed by atoms with E-state index in [1.54, 1.807) is 0 Å². The Morgan fingerprint density at radius 3 is 1.07 bits per heavy atom. The molecule has 0 N–H and O–H groups in total. The first-order valence-corrected chi connectivity index (χ1v) is 15.2. The van der Waals surface area contributed by atoms with Crippen LogP contribution in [0, 0.1) is 13.8 Å². The number of rotatable bonds is 8. The van der Waals surface area contributed by atoms with Gasteiger partial charge in [-0.1, -0.05) is 85.0 Å².